The second kappa shape index (κ2) is 11.4. The van der Waals surface area contributed by atoms with Gasteiger partial charge < -0.3 is 28.8 Å². The van der Waals surface area contributed by atoms with Crippen molar-refractivity contribution < 1.29 is 28.8 Å². The summed E-state index contributed by atoms with van der Waals surface area (Å²) in [5.74, 6) is -0.244. The molecule has 6 nitrogen and oxygen atoms in total. The zero-order valence-corrected chi connectivity index (χ0v) is 25.4. The van der Waals surface area contributed by atoms with Crippen LogP contribution in [-0.2, 0) is 43.5 Å². The number of aliphatic hydroxyl groups excluding tert-OH is 1. The molecule has 0 radical (unpaired) electrons. The van der Waals surface area contributed by atoms with Crippen LogP contribution in [0.1, 0.15) is 56.7 Å². The van der Waals surface area contributed by atoms with Gasteiger partial charge in [0.15, 0.2) is 5.79 Å². The smallest absolute Gasteiger partial charge is 0.175 e. The van der Waals surface area contributed by atoms with Crippen molar-refractivity contribution in [1.82, 2.24) is 0 Å². The second-order valence-electron chi connectivity index (χ2n) is 13.7. The van der Waals surface area contributed by atoms with Gasteiger partial charge in [-0.3, -0.25) is 0 Å². The summed E-state index contributed by atoms with van der Waals surface area (Å²) in [6.07, 6.45) is -0.739. The van der Waals surface area contributed by atoms with Crippen LogP contribution in [0.4, 0.5) is 0 Å². The third-order valence-electron chi connectivity index (χ3n) is 11.3. The van der Waals surface area contributed by atoms with Gasteiger partial charge in [0, 0.05) is 11.8 Å². The Balaban J connectivity index is 1.23. The molecule has 3 aromatic rings. The van der Waals surface area contributed by atoms with E-state index < -0.39 is 42.4 Å². The van der Waals surface area contributed by atoms with Gasteiger partial charge in [0.05, 0.1) is 19.8 Å². The Morgan fingerprint density at radius 3 is 1.53 bits per heavy atom. The van der Waals surface area contributed by atoms with Crippen molar-refractivity contribution in [3.8, 4) is 0 Å². The zero-order chi connectivity index (χ0) is 29.7. The fourth-order valence-corrected chi connectivity index (χ4v) is 8.29. The van der Waals surface area contributed by atoms with Crippen molar-refractivity contribution in [1.29, 1.82) is 0 Å². The van der Waals surface area contributed by atoms with Crippen molar-refractivity contribution in [2.75, 3.05) is 0 Å². The SMILES string of the molecule is CC1(C)[C@@H]2CC[C@@]1(C)C1(C2)O[C@@H]2[C@@H](O1)[C@@H](OCc1ccccc1)[C@@H](O)[C@H](OCc1ccccc1)[C@H]2OCc1ccccc1. The molecule has 0 aromatic heterocycles. The second-order valence-corrected chi connectivity index (χ2v) is 13.7. The van der Waals surface area contributed by atoms with E-state index >= 15 is 0 Å². The Morgan fingerprint density at radius 1 is 0.651 bits per heavy atom. The lowest BCUT2D eigenvalue weighted by atomic mass is 9.68. The van der Waals surface area contributed by atoms with Gasteiger partial charge in [0.2, 0.25) is 0 Å². The zero-order valence-electron chi connectivity index (χ0n) is 25.4. The van der Waals surface area contributed by atoms with Gasteiger partial charge >= 0.3 is 0 Å². The molecule has 4 fully saturated rings. The highest BCUT2D eigenvalue weighted by atomic mass is 16.8. The number of rotatable bonds is 9. The molecule has 3 aromatic carbocycles. The van der Waals surface area contributed by atoms with Crippen molar-refractivity contribution in [2.24, 2.45) is 16.7 Å². The van der Waals surface area contributed by atoms with E-state index in [0.29, 0.717) is 25.7 Å². The maximum Gasteiger partial charge on any atom is 0.175 e. The van der Waals surface area contributed by atoms with Crippen LogP contribution in [0.15, 0.2) is 91.0 Å². The molecule has 3 aliphatic carbocycles. The predicted octanol–water partition coefficient (Wildman–Crippen LogP) is 6.44. The summed E-state index contributed by atoms with van der Waals surface area (Å²) in [7, 11) is 0. The van der Waals surface area contributed by atoms with E-state index in [-0.39, 0.29) is 10.8 Å². The molecule has 2 bridgehead atoms. The number of hydrogen-bond donors (Lipinski definition) is 1. The molecular weight excluding hydrogens is 540 g/mol. The average Bonchev–Trinajstić information content (AvgIpc) is 3.57. The topological polar surface area (TPSA) is 66.4 Å². The minimum atomic E-state index is -0.979. The first-order chi connectivity index (χ1) is 20.8. The molecule has 3 saturated carbocycles. The van der Waals surface area contributed by atoms with Crippen molar-refractivity contribution in [3.63, 3.8) is 0 Å². The predicted molar refractivity (Wildman–Crippen MR) is 163 cm³/mol. The lowest BCUT2D eigenvalue weighted by Gasteiger charge is -2.45. The lowest BCUT2D eigenvalue weighted by molar-refractivity contribution is -0.259. The number of fused-ring (bicyclic) bond motifs is 4. The minimum absolute atomic E-state index is 0.0725. The maximum atomic E-state index is 12.1. The molecule has 0 amide bonds. The summed E-state index contributed by atoms with van der Waals surface area (Å²) < 4.78 is 34.1. The largest absolute Gasteiger partial charge is 0.387 e. The van der Waals surface area contributed by atoms with Gasteiger partial charge in [-0.1, -0.05) is 112 Å². The highest BCUT2D eigenvalue weighted by Gasteiger charge is 2.76. The van der Waals surface area contributed by atoms with E-state index in [4.69, 9.17) is 23.7 Å². The van der Waals surface area contributed by atoms with Crippen LogP contribution in [0.2, 0.25) is 0 Å². The van der Waals surface area contributed by atoms with E-state index in [1.54, 1.807) is 0 Å². The molecule has 1 unspecified atom stereocenters. The number of ether oxygens (including phenoxy) is 5. The first-order valence-corrected chi connectivity index (χ1v) is 15.8. The Kier molecular flexibility index (Phi) is 7.73. The maximum absolute atomic E-state index is 12.1. The van der Waals surface area contributed by atoms with Gasteiger partial charge in [-0.2, -0.15) is 0 Å². The van der Waals surface area contributed by atoms with Crippen molar-refractivity contribution in [3.05, 3.63) is 108 Å². The van der Waals surface area contributed by atoms with E-state index in [9.17, 15) is 5.11 Å². The molecule has 1 aliphatic heterocycles. The number of hydrogen-bond acceptors (Lipinski definition) is 6. The fourth-order valence-electron chi connectivity index (χ4n) is 8.29. The standard InChI is InChI=1S/C37H44O6/c1-35(2)28-19-20-36(35,3)37(21-28)42-33-31(40-23-26-15-9-5-10-16-26)29(38)30(39-22-25-13-7-4-8-14-25)32(34(33)43-37)41-24-27-17-11-6-12-18-27/h4-18,28-34,38H,19-24H2,1-3H3/t28-,29+,30+,31+,32-,33+,34+,36-,37?/m1/s1. The van der Waals surface area contributed by atoms with E-state index in [0.717, 1.165) is 29.5 Å². The van der Waals surface area contributed by atoms with Crippen LogP contribution in [0.5, 0.6) is 0 Å². The summed E-state index contributed by atoms with van der Waals surface area (Å²) in [6.45, 7) is 8.13. The normalized spacial score (nSPS) is 37.5. The molecule has 7 rings (SSSR count). The molecule has 1 N–H and O–H groups in total. The van der Waals surface area contributed by atoms with E-state index in [1.807, 2.05) is 78.9 Å². The number of aliphatic hydroxyl groups is 1. The summed E-state index contributed by atoms with van der Waals surface area (Å²) in [4.78, 5) is 0. The summed E-state index contributed by atoms with van der Waals surface area (Å²) in [5.41, 5.74) is 3.03. The van der Waals surface area contributed by atoms with Crippen LogP contribution >= 0.6 is 0 Å². The third kappa shape index (κ3) is 4.97. The molecule has 1 saturated heterocycles. The highest BCUT2D eigenvalue weighted by molar-refractivity contribution is 5.21. The molecule has 1 heterocycles. The molecule has 6 heteroatoms. The number of benzene rings is 3. The first kappa shape index (κ1) is 29.1. The third-order valence-corrected chi connectivity index (χ3v) is 11.3. The lowest BCUT2D eigenvalue weighted by Crippen LogP contribution is -2.64. The Labute approximate surface area is 255 Å². The quantitative estimate of drug-likeness (QED) is 0.312. The van der Waals surface area contributed by atoms with Crippen molar-refractivity contribution in [2.45, 2.75) is 102 Å². The van der Waals surface area contributed by atoms with Gasteiger partial charge in [0.25, 0.3) is 0 Å². The molecule has 228 valence electrons. The van der Waals surface area contributed by atoms with Gasteiger partial charge in [-0.05, 0) is 40.9 Å². The Hall–Kier alpha value is -2.58. The Bertz CT molecular complexity index is 1370. The monoisotopic (exact) mass is 584 g/mol. The fraction of sp³-hybridized carbons (Fsp3) is 0.514. The van der Waals surface area contributed by atoms with E-state index in [2.05, 4.69) is 32.9 Å². The molecule has 9 atom stereocenters. The summed E-state index contributed by atoms with van der Waals surface area (Å²) >= 11 is 0. The van der Waals surface area contributed by atoms with Gasteiger partial charge in [0.1, 0.15) is 36.6 Å². The molecule has 1 spiro atoms. The molecular formula is C37H44O6. The van der Waals surface area contributed by atoms with Crippen LogP contribution < -0.4 is 0 Å². The average molecular weight is 585 g/mol. The van der Waals surface area contributed by atoms with Crippen LogP contribution in [0, 0.1) is 16.7 Å². The van der Waals surface area contributed by atoms with Crippen LogP contribution in [-0.4, -0.2) is 47.5 Å². The molecule has 4 aliphatic rings. The van der Waals surface area contributed by atoms with Crippen molar-refractivity contribution >= 4 is 0 Å². The minimum Gasteiger partial charge on any atom is -0.387 e. The van der Waals surface area contributed by atoms with Crippen LogP contribution in [0.25, 0.3) is 0 Å². The Morgan fingerprint density at radius 2 is 1.09 bits per heavy atom. The first-order valence-electron chi connectivity index (χ1n) is 15.8. The van der Waals surface area contributed by atoms with Gasteiger partial charge in [-0.25, -0.2) is 0 Å². The van der Waals surface area contributed by atoms with E-state index in [1.165, 1.54) is 6.42 Å². The summed E-state index contributed by atoms with van der Waals surface area (Å²) in [6, 6.07) is 30.2. The highest BCUT2D eigenvalue weighted by Crippen LogP contribution is 2.73. The summed E-state index contributed by atoms with van der Waals surface area (Å²) in [5, 5.41) is 12.1. The van der Waals surface area contributed by atoms with Crippen LogP contribution in [0.3, 0.4) is 0 Å². The van der Waals surface area contributed by atoms with Gasteiger partial charge in [-0.15, -0.1) is 0 Å². The molecule has 43 heavy (non-hydrogen) atoms.